The third kappa shape index (κ3) is 2.45. The molecule has 0 aromatic heterocycles. The zero-order valence-corrected chi connectivity index (χ0v) is 13.9. The summed E-state index contributed by atoms with van der Waals surface area (Å²) in [6, 6.07) is 7.57. The summed E-state index contributed by atoms with van der Waals surface area (Å²) >= 11 is 0. The van der Waals surface area contributed by atoms with Gasteiger partial charge in [-0.3, -0.25) is 14.5 Å². The van der Waals surface area contributed by atoms with E-state index in [1.54, 1.807) is 11.8 Å². The Labute approximate surface area is 141 Å². The Kier molecular flexibility index (Phi) is 3.72. The van der Waals surface area contributed by atoms with Crippen LogP contribution in [0.5, 0.6) is 5.75 Å². The van der Waals surface area contributed by atoms with Crippen molar-refractivity contribution in [3.05, 3.63) is 24.3 Å². The van der Waals surface area contributed by atoms with Crippen LogP contribution in [0.3, 0.4) is 0 Å². The maximum atomic E-state index is 12.8. The molecular weight excluding hydrogens is 306 g/mol. The van der Waals surface area contributed by atoms with Crippen LogP contribution in [0.4, 0.5) is 5.69 Å². The number of nitrogens with two attached hydrogens (primary N) is 1. The summed E-state index contributed by atoms with van der Waals surface area (Å²) in [6.45, 7) is 3.28. The summed E-state index contributed by atoms with van der Waals surface area (Å²) in [5.74, 6) is 1.42. The Bertz CT molecular complexity index is 677. The van der Waals surface area contributed by atoms with E-state index in [0.29, 0.717) is 23.3 Å². The maximum Gasteiger partial charge on any atom is 0.268 e. The van der Waals surface area contributed by atoms with Crippen molar-refractivity contribution in [2.75, 3.05) is 24.5 Å². The molecule has 4 atom stereocenters. The highest BCUT2D eigenvalue weighted by Gasteiger charge is 2.43. The second-order valence-corrected chi connectivity index (χ2v) is 7.12. The Morgan fingerprint density at radius 1 is 1.29 bits per heavy atom. The van der Waals surface area contributed by atoms with Gasteiger partial charge in [0.05, 0.1) is 5.69 Å². The third-order valence-corrected chi connectivity index (χ3v) is 5.63. The van der Waals surface area contributed by atoms with E-state index in [1.807, 2.05) is 29.2 Å². The minimum atomic E-state index is -0.570. The molecule has 6 heteroatoms. The molecule has 24 heavy (non-hydrogen) atoms. The molecule has 1 aromatic carbocycles. The predicted molar refractivity (Wildman–Crippen MR) is 89.7 cm³/mol. The Morgan fingerprint density at radius 2 is 2.08 bits per heavy atom. The van der Waals surface area contributed by atoms with Gasteiger partial charge in [0.1, 0.15) is 12.3 Å². The first-order chi connectivity index (χ1) is 11.5. The molecule has 3 aliphatic rings. The van der Waals surface area contributed by atoms with Crippen LogP contribution < -0.4 is 15.4 Å². The minimum Gasteiger partial charge on any atom is -0.479 e. The van der Waals surface area contributed by atoms with Crippen LogP contribution in [0.25, 0.3) is 0 Å². The van der Waals surface area contributed by atoms with Crippen molar-refractivity contribution in [2.24, 2.45) is 17.6 Å². The van der Waals surface area contributed by atoms with Crippen molar-refractivity contribution in [1.29, 1.82) is 0 Å². The molecule has 2 fully saturated rings. The van der Waals surface area contributed by atoms with Crippen molar-refractivity contribution >= 4 is 17.5 Å². The van der Waals surface area contributed by atoms with Gasteiger partial charge in [0.15, 0.2) is 6.10 Å². The number of nitrogens with zero attached hydrogens (tertiary/aromatic N) is 2. The van der Waals surface area contributed by atoms with Gasteiger partial charge in [-0.25, -0.2) is 0 Å². The fourth-order valence-corrected chi connectivity index (χ4v) is 4.27. The van der Waals surface area contributed by atoms with Crippen LogP contribution in [0, 0.1) is 11.8 Å². The minimum absolute atomic E-state index is 0.00569. The monoisotopic (exact) mass is 329 g/mol. The number of hydrogen-bond acceptors (Lipinski definition) is 4. The van der Waals surface area contributed by atoms with Gasteiger partial charge >= 0.3 is 0 Å². The summed E-state index contributed by atoms with van der Waals surface area (Å²) in [5.41, 5.74) is 6.82. The molecule has 128 valence electrons. The van der Waals surface area contributed by atoms with Crippen molar-refractivity contribution in [2.45, 2.75) is 31.9 Å². The smallest absolute Gasteiger partial charge is 0.268 e. The first-order valence-electron chi connectivity index (χ1n) is 8.65. The average Bonchev–Trinajstić information content (AvgIpc) is 3.14. The zero-order valence-electron chi connectivity index (χ0n) is 13.9. The van der Waals surface area contributed by atoms with Crippen molar-refractivity contribution in [3.63, 3.8) is 0 Å². The van der Waals surface area contributed by atoms with Crippen molar-refractivity contribution in [1.82, 2.24) is 4.90 Å². The fraction of sp³-hybridized carbons (Fsp3) is 0.556. The van der Waals surface area contributed by atoms with Gasteiger partial charge in [0.2, 0.25) is 5.91 Å². The number of carbonyl (C=O) groups excluding carboxylic acids is 2. The van der Waals surface area contributed by atoms with Gasteiger partial charge in [-0.1, -0.05) is 12.1 Å². The molecule has 2 aliphatic heterocycles. The molecular formula is C18H23N3O3. The summed E-state index contributed by atoms with van der Waals surface area (Å²) in [6.07, 6.45) is 1.59. The number of carbonyl (C=O) groups is 2. The van der Waals surface area contributed by atoms with E-state index in [0.717, 1.165) is 25.9 Å². The predicted octanol–water partition coefficient (Wildman–Crippen LogP) is 0.996. The lowest BCUT2D eigenvalue weighted by Gasteiger charge is -2.33. The number of para-hydroxylation sites is 2. The summed E-state index contributed by atoms with van der Waals surface area (Å²) in [4.78, 5) is 28.7. The number of fused-ring (bicyclic) bond motifs is 2. The summed E-state index contributed by atoms with van der Waals surface area (Å²) in [7, 11) is 0. The molecule has 4 rings (SSSR count). The zero-order chi connectivity index (χ0) is 16.8. The van der Waals surface area contributed by atoms with Gasteiger partial charge in [-0.15, -0.1) is 0 Å². The van der Waals surface area contributed by atoms with Crippen molar-refractivity contribution in [3.8, 4) is 5.75 Å². The Morgan fingerprint density at radius 3 is 2.88 bits per heavy atom. The van der Waals surface area contributed by atoms with Gasteiger partial charge in [0.25, 0.3) is 5.91 Å². The van der Waals surface area contributed by atoms with E-state index in [9.17, 15) is 9.59 Å². The molecule has 2 N–H and O–H groups in total. The van der Waals surface area contributed by atoms with Gasteiger partial charge in [-0.2, -0.15) is 0 Å². The van der Waals surface area contributed by atoms with Gasteiger partial charge < -0.3 is 15.4 Å². The molecule has 1 saturated carbocycles. The molecule has 0 bridgehead atoms. The van der Waals surface area contributed by atoms with Crippen molar-refractivity contribution < 1.29 is 14.3 Å². The second kappa shape index (κ2) is 5.77. The number of benzene rings is 1. The lowest BCUT2D eigenvalue weighted by molar-refractivity contribution is -0.132. The number of ether oxygens (including phenoxy) is 1. The van der Waals surface area contributed by atoms with E-state index >= 15 is 0 Å². The largest absolute Gasteiger partial charge is 0.479 e. The molecule has 1 aliphatic carbocycles. The first kappa shape index (κ1) is 15.4. The SMILES string of the molecule is CC1Oc2ccccc2N(CC(=O)N2CC3CCC(N)C3C2)C1=O. The van der Waals surface area contributed by atoms with E-state index in [1.165, 1.54) is 0 Å². The normalized spacial score (nSPS) is 31.7. The van der Waals surface area contributed by atoms with Crippen LogP contribution in [-0.2, 0) is 9.59 Å². The molecule has 0 spiro atoms. The summed E-state index contributed by atoms with van der Waals surface area (Å²) < 4.78 is 5.62. The van der Waals surface area contributed by atoms with Gasteiger partial charge in [-0.05, 0) is 43.7 Å². The topological polar surface area (TPSA) is 75.9 Å². The highest BCUT2D eigenvalue weighted by atomic mass is 16.5. The average molecular weight is 329 g/mol. The molecule has 1 aromatic rings. The number of amides is 2. The molecule has 2 heterocycles. The molecule has 1 saturated heterocycles. The van der Waals surface area contributed by atoms with E-state index < -0.39 is 6.10 Å². The number of hydrogen-bond donors (Lipinski definition) is 1. The molecule has 0 radical (unpaired) electrons. The van der Waals surface area contributed by atoms with E-state index in [2.05, 4.69) is 0 Å². The number of rotatable bonds is 2. The molecule has 2 amide bonds. The highest BCUT2D eigenvalue weighted by molar-refractivity contribution is 6.03. The quantitative estimate of drug-likeness (QED) is 0.878. The van der Waals surface area contributed by atoms with Crippen LogP contribution in [0.1, 0.15) is 19.8 Å². The molecule has 6 nitrogen and oxygen atoms in total. The van der Waals surface area contributed by atoms with Crippen LogP contribution in [-0.4, -0.2) is 48.5 Å². The van der Waals surface area contributed by atoms with Crippen LogP contribution in [0.2, 0.25) is 0 Å². The first-order valence-corrected chi connectivity index (χ1v) is 8.65. The third-order valence-electron chi connectivity index (χ3n) is 5.63. The Balaban J connectivity index is 1.50. The van der Waals surface area contributed by atoms with Crippen LogP contribution >= 0.6 is 0 Å². The van der Waals surface area contributed by atoms with E-state index in [-0.39, 0.29) is 24.4 Å². The number of anilines is 1. The van der Waals surface area contributed by atoms with E-state index in [4.69, 9.17) is 10.5 Å². The summed E-state index contributed by atoms with van der Waals surface area (Å²) in [5, 5.41) is 0. The van der Waals surface area contributed by atoms with Gasteiger partial charge in [0, 0.05) is 19.1 Å². The Hall–Kier alpha value is -2.08. The maximum absolute atomic E-state index is 12.8. The second-order valence-electron chi connectivity index (χ2n) is 7.12. The number of likely N-dealkylation sites (tertiary alicyclic amines) is 1. The fourth-order valence-electron chi connectivity index (χ4n) is 4.27. The lowest BCUT2D eigenvalue weighted by Crippen LogP contribution is -2.49. The highest BCUT2D eigenvalue weighted by Crippen LogP contribution is 2.38. The lowest BCUT2D eigenvalue weighted by atomic mass is 9.98. The van der Waals surface area contributed by atoms with Crippen LogP contribution in [0.15, 0.2) is 24.3 Å². The molecule has 4 unspecified atom stereocenters. The standard InChI is InChI=1S/C18H23N3O3/c1-11-18(23)21(15-4-2-3-5-16(15)24-11)10-17(22)20-8-12-6-7-14(19)13(12)9-20/h2-5,11-14H,6-10,19H2,1H3.